The molecule has 4 N–H and O–H groups in total. The van der Waals surface area contributed by atoms with Crippen LogP contribution in [0.15, 0.2) is 24.3 Å². The van der Waals surface area contributed by atoms with Gasteiger partial charge in [0.1, 0.15) is 0 Å². The summed E-state index contributed by atoms with van der Waals surface area (Å²) in [5, 5.41) is 5.75. The lowest BCUT2D eigenvalue weighted by Crippen LogP contribution is -2.55. The molecule has 0 spiro atoms. The van der Waals surface area contributed by atoms with Crippen molar-refractivity contribution >= 4 is 30.0 Å². The van der Waals surface area contributed by atoms with Crippen molar-refractivity contribution < 1.29 is 9.59 Å². The van der Waals surface area contributed by atoms with Crippen LogP contribution in [-0.2, 0) is 0 Å². The average Bonchev–Trinajstić information content (AvgIpc) is 2.93. The van der Waals surface area contributed by atoms with E-state index in [1.807, 2.05) is 20.8 Å². The van der Waals surface area contributed by atoms with Crippen LogP contribution in [0.5, 0.6) is 0 Å². The van der Waals surface area contributed by atoms with Crippen molar-refractivity contribution in [2.24, 2.45) is 11.7 Å². The first kappa shape index (κ1) is 19.3. The number of carbonyl (C=O) groups is 2. The Kier molecular flexibility index (Phi) is 6.41. The van der Waals surface area contributed by atoms with Gasteiger partial charge in [0.25, 0.3) is 5.91 Å². The fourth-order valence-corrected chi connectivity index (χ4v) is 2.27. The van der Waals surface area contributed by atoms with E-state index in [0.717, 1.165) is 5.69 Å². The Morgan fingerprint density at radius 1 is 1.39 bits per heavy atom. The third kappa shape index (κ3) is 4.14. The maximum Gasteiger partial charge on any atom is 0.321 e. The molecular weight excluding hydrogens is 316 g/mol. The van der Waals surface area contributed by atoms with Gasteiger partial charge in [-0.3, -0.25) is 9.69 Å². The van der Waals surface area contributed by atoms with Crippen molar-refractivity contribution in [1.82, 2.24) is 10.6 Å². The molecule has 23 heavy (non-hydrogen) atoms. The van der Waals surface area contributed by atoms with Gasteiger partial charge in [-0.1, -0.05) is 13.8 Å². The minimum Gasteiger partial charge on any atom is -0.345 e. The zero-order chi connectivity index (χ0) is 16.3. The van der Waals surface area contributed by atoms with Crippen LogP contribution in [0.25, 0.3) is 0 Å². The van der Waals surface area contributed by atoms with Crippen LogP contribution < -0.4 is 21.3 Å². The first-order valence-corrected chi connectivity index (χ1v) is 7.55. The van der Waals surface area contributed by atoms with Gasteiger partial charge in [-0.15, -0.1) is 12.4 Å². The van der Waals surface area contributed by atoms with E-state index in [0.29, 0.717) is 25.2 Å². The zero-order valence-electron chi connectivity index (χ0n) is 13.8. The van der Waals surface area contributed by atoms with E-state index in [9.17, 15) is 9.59 Å². The molecule has 1 aromatic rings. The molecule has 6 nitrogen and oxygen atoms in total. The molecular formula is C16H25ClN4O2. The van der Waals surface area contributed by atoms with Gasteiger partial charge >= 0.3 is 6.03 Å². The largest absolute Gasteiger partial charge is 0.345 e. The average molecular weight is 341 g/mol. The Hall–Kier alpha value is -1.79. The number of benzene rings is 1. The quantitative estimate of drug-likeness (QED) is 0.763. The smallest absolute Gasteiger partial charge is 0.321 e. The fourth-order valence-electron chi connectivity index (χ4n) is 2.27. The Morgan fingerprint density at radius 3 is 2.43 bits per heavy atom. The first-order chi connectivity index (χ1) is 10.4. The first-order valence-electron chi connectivity index (χ1n) is 7.55. The zero-order valence-corrected chi connectivity index (χ0v) is 14.6. The minimum atomic E-state index is -0.440. The monoisotopic (exact) mass is 340 g/mol. The highest BCUT2D eigenvalue weighted by atomic mass is 35.5. The molecule has 1 aliphatic heterocycles. The van der Waals surface area contributed by atoms with Gasteiger partial charge in [0, 0.05) is 30.9 Å². The topological polar surface area (TPSA) is 87.5 Å². The highest BCUT2D eigenvalue weighted by Gasteiger charge is 2.29. The number of hydrogen-bond donors (Lipinski definition) is 3. The molecule has 1 unspecified atom stereocenters. The number of rotatable bonds is 5. The molecule has 1 aromatic carbocycles. The van der Waals surface area contributed by atoms with Gasteiger partial charge in [0.05, 0.1) is 5.54 Å². The molecule has 0 saturated carbocycles. The number of halogens is 1. The molecule has 1 aliphatic rings. The van der Waals surface area contributed by atoms with Crippen LogP contribution in [0.3, 0.4) is 0 Å². The summed E-state index contributed by atoms with van der Waals surface area (Å²) < 4.78 is 0. The second-order valence-electron chi connectivity index (χ2n) is 6.16. The molecule has 0 bridgehead atoms. The molecule has 7 heteroatoms. The number of carbonyl (C=O) groups excluding carboxylic acids is 2. The molecule has 0 radical (unpaired) electrons. The SMILES string of the molecule is CC(C)C(C)(CN)NC(=O)c1ccc(N2CCNC2=O)cc1.Cl. The highest BCUT2D eigenvalue weighted by Crippen LogP contribution is 2.19. The van der Waals surface area contributed by atoms with Crippen LogP contribution in [0.4, 0.5) is 10.5 Å². The standard InChI is InChI=1S/C16H24N4O2.ClH/c1-11(2)16(3,10-17)19-14(21)12-4-6-13(7-5-12)20-9-8-18-15(20)22;/h4-7,11H,8-10,17H2,1-3H3,(H,18,22)(H,19,21);1H. The summed E-state index contributed by atoms with van der Waals surface area (Å²) in [6.07, 6.45) is 0. The molecule has 128 valence electrons. The summed E-state index contributed by atoms with van der Waals surface area (Å²) in [6.45, 7) is 7.67. The van der Waals surface area contributed by atoms with Gasteiger partial charge < -0.3 is 16.4 Å². The number of nitrogens with zero attached hydrogens (tertiary/aromatic N) is 1. The lowest BCUT2D eigenvalue weighted by atomic mass is 9.88. The highest BCUT2D eigenvalue weighted by molar-refractivity contribution is 5.97. The summed E-state index contributed by atoms with van der Waals surface area (Å²) in [7, 11) is 0. The number of anilines is 1. The lowest BCUT2D eigenvalue weighted by molar-refractivity contribution is 0.0883. The summed E-state index contributed by atoms with van der Waals surface area (Å²) in [4.78, 5) is 25.6. The van der Waals surface area contributed by atoms with Crippen molar-refractivity contribution in [2.75, 3.05) is 24.5 Å². The summed E-state index contributed by atoms with van der Waals surface area (Å²) in [6, 6.07) is 6.93. The second-order valence-corrected chi connectivity index (χ2v) is 6.16. The molecule has 1 fully saturated rings. The van der Waals surface area contributed by atoms with Crippen LogP contribution in [0.2, 0.25) is 0 Å². The van der Waals surface area contributed by atoms with Crippen LogP contribution in [-0.4, -0.2) is 37.1 Å². The van der Waals surface area contributed by atoms with Gasteiger partial charge in [-0.25, -0.2) is 4.79 Å². The van der Waals surface area contributed by atoms with Gasteiger partial charge in [-0.05, 0) is 37.1 Å². The molecule has 1 heterocycles. The Labute approximate surface area is 143 Å². The maximum atomic E-state index is 12.4. The third-order valence-corrected chi connectivity index (χ3v) is 4.40. The predicted molar refractivity (Wildman–Crippen MR) is 94.2 cm³/mol. The summed E-state index contributed by atoms with van der Waals surface area (Å²) >= 11 is 0. The number of urea groups is 1. The van der Waals surface area contributed by atoms with E-state index in [-0.39, 0.29) is 30.3 Å². The van der Waals surface area contributed by atoms with E-state index < -0.39 is 5.54 Å². The Morgan fingerprint density at radius 2 is 2.00 bits per heavy atom. The van der Waals surface area contributed by atoms with Gasteiger partial charge in [0.15, 0.2) is 0 Å². The summed E-state index contributed by atoms with van der Waals surface area (Å²) in [5.41, 5.74) is 6.70. The second kappa shape index (κ2) is 7.66. The lowest BCUT2D eigenvalue weighted by Gasteiger charge is -2.33. The number of hydrogen-bond acceptors (Lipinski definition) is 3. The Balaban J connectivity index is 0.00000264. The maximum absolute atomic E-state index is 12.4. The summed E-state index contributed by atoms with van der Waals surface area (Å²) in [5.74, 6) is 0.0769. The van der Waals surface area contributed by atoms with E-state index in [4.69, 9.17) is 5.73 Å². The van der Waals surface area contributed by atoms with Crippen molar-refractivity contribution in [2.45, 2.75) is 26.3 Å². The van der Waals surface area contributed by atoms with Crippen LogP contribution in [0.1, 0.15) is 31.1 Å². The molecule has 1 atom stereocenters. The fraction of sp³-hybridized carbons (Fsp3) is 0.500. The number of nitrogens with two attached hydrogens (primary N) is 1. The van der Waals surface area contributed by atoms with E-state index in [1.54, 1.807) is 29.2 Å². The molecule has 2 rings (SSSR count). The van der Waals surface area contributed by atoms with Crippen molar-refractivity contribution in [1.29, 1.82) is 0 Å². The van der Waals surface area contributed by atoms with Crippen LogP contribution in [0, 0.1) is 5.92 Å². The van der Waals surface area contributed by atoms with E-state index in [1.165, 1.54) is 0 Å². The third-order valence-electron chi connectivity index (χ3n) is 4.40. The van der Waals surface area contributed by atoms with Gasteiger partial charge in [-0.2, -0.15) is 0 Å². The van der Waals surface area contributed by atoms with Crippen LogP contribution >= 0.6 is 12.4 Å². The predicted octanol–water partition coefficient (Wildman–Crippen LogP) is 1.74. The van der Waals surface area contributed by atoms with Crippen molar-refractivity contribution in [3.63, 3.8) is 0 Å². The minimum absolute atomic E-state index is 0. The van der Waals surface area contributed by atoms with Gasteiger partial charge in [0.2, 0.25) is 0 Å². The molecule has 0 aliphatic carbocycles. The molecule has 0 aromatic heterocycles. The van der Waals surface area contributed by atoms with E-state index >= 15 is 0 Å². The normalized spacial score (nSPS) is 16.6. The van der Waals surface area contributed by atoms with E-state index in [2.05, 4.69) is 10.6 Å². The molecule has 1 saturated heterocycles. The Bertz CT molecular complexity index is 562. The molecule has 3 amide bonds. The van der Waals surface area contributed by atoms with Crippen molar-refractivity contribution in [3.05, 3.63) is 29.8 Å². The van der Waals surface area contributed by atoms with Crippen molar-refractivity contribution in [3.8, 4) is 0 Å². The number of nitrogens with one attached hydrogen (secondary N) is 2. The number of amides is 3.